The first-order chi connectivity index (χ1) is 9.16. The second-order valence-electron chi connectivity index (χ2n) is 4.37. The second kappa shape index (κ2) is 6.36. The highest BCUT2D eigenvalue weighted by Crippen LogP contribution is 2.26. The van der Waals surface area contributed by atoms with Crippen molar-refractivity contribution in [1.29, 1.82) is 0 Å². The molecule has 114 valence electrons. The van der Waals surface area contributed by atoms with E-state index in [2.05, 4.69) is 10.1 Å². The lowest BCUT2D eigenvalue weighted by molar-refractivity contribution is -0.129. The van der Waals surface area contributed by atoms with Crippen LogP contribution in [-0.2, 0) is 5.54 Å². The van der Waals surface area contributed by atoms with Crippen LogP contribution in [0.2, 0.25) is 0 Å². The van der Waals surface area contributed by atoms with E-state index in [0.717, 1.165) is 6.07 Å². The Kier molecular flexibility index (Phi) is 5.29. The SMILES string of the molecule is CC(CO)(NCC(F)(F)F)c1cccc(OC(F)F)c1. The molecule has 0 aliphatic rings. The van der Waals surface area contributed by atoms with Crippen LogP contribution in [0.3, 0.4) is 0 Å². The van der Waals surface area contributed by atoms with Gasteiger partial charge in [0.1, 0.15) is 5.75 Å². The van der Waals surface area contributed by atoms with Crippen molar-refractivity contribution < 1.29 is 31.8 Å². The topological polar surface area (TPSA) is 41.5 Å². The number of alkyl halides is 5. The van der Waals surface area contributed by atoms with E-state index >= 15 is 0 Å². The average Bonchev–Trinajstić information content (AvgIpc) is 2.34. The molecule has 0 aliphatic heterocycles. The highest BCUT2D eigenvalue weighted by Gasteiger charge is 2.33. The quantitative estimate of drug-likeness (QED) is 0.794. The molecular weight excluding hydrogens is 285 g/mol. The third kappa shape index (κ3) is 4.93. The van der Waals surface area contributed by atoms with Crippen molar-refractivity contribution in [2.24, 2.45) is 0 Å². The van der Waals surface area contributed by atoms with Gasteiger partial charge in [0, 0.05) is 0 Å². The molecule has 0 heterocycles. The van der Waals surface area contributed by atoms with E-state index in [1.807, 2.05) is 0 Å². The van der Waals surface area contributed by atoms with Gasteiger partial charge in [0.15, 0.2) is 0 Å². The largest absolute Gasteiger partial charge is 0.435 e. The molecule has 0 aromatic heterocycles. The first-order valence-corrected chi connectivity index (χ1v) is 5.64. The molecule has 20 heavy (non-hydrogen) atoms. The summed E-state index contributed by atoms with van der Waals surface area (Å²) in [6.45, 7) is -3.65. The predicted octanol–water partition coefficient (Wildman–Crippen LogP) is 2.65. The van der Waals surface area contributed by atoms with Crippen LogP contribution in [0.25, 0.3) is 0 Å². The van der Waals surface area contributed by atoms with Crippen molar-refractivity contribution in [3.05, 3.63) is 29.8 Å². The van der Waals surface area contributed by atoms with Gasteiger partial charge in [0.25, 0.3) is 0 Å². The summed E-state index contributed by atoms with van der Waals surface area (Å²) in [4.78, 5) is 0. The Bertz CT molecular complexity index is 438. The lowest BCUT2D eigenvalue weighted by Crippen LogP contribution is -2.47. The molecule has 0 spiro atoms. The normalized spacial score (nSPS) is 15.2. The van der Waals surface area contributed by atoms with E-state index in [0.29, 0.717) is 0 Å². The molecule has 1 unspecified atom stereocenters. The molecule has 0 saturated heterocycles. The van der Waals surface area contributed by atoms with E-state index in [4.69, 9.17) is 0 Å². The van der Waals surface area contributed by atoms with Gasteiger partial charge in [0.05, 0.1) is 18.7 Å². The molecule has 0 radical (unpaired) electrons. The maximum absolute atomic E-state index is 12.2. The molecule has 8 heteroatoms. The lowest BCUT2D eigenvalue weighted by atomic mass is 9.92. The Balaban J connectivity index is 2.93. The van der Waals surface area contributed by atoms with Gasteiger partial charge in [-0.15, -0.1) is 0 Å². The highest BCUT2D eigenvalue weighted by molar-refractivity contribution is 5.33. The third-order valence-electron chi connectivity index (χ3n) is 2.69. The molecule has 2 N–H and O–H groups in total. The Morgan fingerprint density at radius 2 is 1.95 bits per heavy atom. The summed E-state index contributed by atoms with van der Waals surface area (Å²) in [5, 5.41) is 11.5. The zero-order chi connectivity index (χ0) is 15.4. The van der Waals surface area contributed by atoms with Crippen molar-refractivity contribution in [2.45, 2.75) is 25.3 Å². The third-order valence-corrected chi connectivity index (χ3v) is 2.69. The zero-order valence-electron chi connectivity index (χ0n) is 10.5. The number of benzene rings is 1. The molecule has 0 amide bonds. The first-order valence-electron chi connectivity index (χ1n) is 5.64. The molecular formula is C12H14F5NO2. The molecule has 1 aromatic rings. The summed E-state index contributed by atoms with van der Waals surface area (Å²) in [6.07, 6.45) is -4.45. The van der Waals surface area contributed by atoms with Gasteiger partial charge in [-0.25, -0.2) is 0 Å². The summed E-state index contributed by atoms with van der Waals surface area (Å²) in [5.74, 6) is -0.189. The maximum atomic E-state index is 12.2. The van der Waals surface area contributed by atoms with Crippen LogP contribution in [0, 0.1) is 0 Å². The van der Waals surface area contributed by atoms with Gasteiger partial charge < -0.3 is 9.84 Å². The fourth-order valence-electron chi connectivity index (χ4n) is 1.56. The number of hydrogen-bond donors (Lipinski definition) is 2. The maximum Gasteiger partial charge on any atom is 0.401 e. The zero-order valence-corrected chi connectivity index (χ0v) is 10.5. The summed E-state index contributed by atoms with van der Waals surface area (Å²) in [7, 11) is 0. The van der Waals surface area contributed by atoms with Crippen molar-refractivity contribution in [1.82, 2.24) is 5.32 Å². The number of hydrogen-bond acceptors (Lipinski definition) is 3. The smallest absolute Gasteiger partial charge is 0.401 e. The molecule has 1 rings (SSSR count). The van der Waals surface area contributed by atoms with Crippen LogP contribution >= 0.6 is 0 Å². The summed E-state index contributed by atoms with van der Waals surface area (Å²) < 4.78 is 65.0. The van der Waals surface area contributed by atoms with Crippen LogP contribution < -0.4 is 10.1 Å². The Morgan fingerprint density at radius 3 is 2.45 bits per heavy atom. The highest BCUT2D eigenvalue weighted by atomic mass is 19.4. The number of ether oxygens (including phenoxy) is 1. The van der Waals surface area contributed by atoms with Gasteiger partial charge in [-0.05, 0) is 24.6 Å². The van der Waals surface area contributed by atoms with Crippen LogP contribution in [0.5, 0.6) is 5.75 Å². The molecule has 0 fully saturated rings. The molecule has 3 nitrogen and oxygen atoms in total. The number of rotatable bonds is 6. The Hall–Kier alpha value is -1.41. The first kappa shape index (κ1) is 16.6. The fourth-order valence-corrected chi connectivity index (χ4v) is 1.56. The second-order valence-corrected chi connectivity index (χ2v) is 4.37. The minimum absolute atomic E-state index is 0.189. The van der Waals surface area contributed by atoms with E-state index in [-0.39, 0.29) is 11.3 Å². The van der Waals surface area contributed by atoms with Crippen molar-refractivity contribution in [3.8, 4) is 5.75 Å². The standard InChI is InChI=1S/C12H14F5NO2/c1-11(7-19,18-6-12(15,16)17)8-3-2-4-9(5-8)20-10(13)14/h2-5,10,18-19H,6-7H2,1H3. The minimum atomic E-state index is -4.45. The van der Waals surface area contributed by atoms with E-state index in [9.17, 15) is 27.1 Å². The van der Waals surface area contributed by atoms with Gasteiger partial charge in [-0.3, -0.25) is 5.32 Å². The molecule has 1 atom stereocenters. The summed E-state index contributed by atoms with van der Waals surface area (Å²) in [6, 6.07) is 5.18. The van der Waals surface area contributed by atoms with Gasteiger partial charge >= 0.3 is 12.8 Å². The number of halogens is 5. The number of nitrogens with one attached hydrogen (secondary N) is 1. The summed E-state index contributed by atoms with van der Waals surface area (Å²) in [5.41, 5.74) is -1.21. The molecule has 0 bridgehead atoms. The van der Waals surface area contributed by atoms with Gasteiger partial charge in [-0.1, -0.05) is 12.1 Å². The molecule has 0 aliphatic carbocycles. The molecule has 0 saturated carbocycles. The minimum Gasteiger partial charge on any atom is -0.435 e. The van der Waals surface area contributed by atoms with Crippen molar-refractivity contribution in [2.75, 3.05) is 13.2 Å². The number of aliphatic hydroxyl groups excluding tert-OH is 1. The molecule has 1 aromatic carbocycles. The van der Waals surface area contributed by atoms with Gasteiger partial charge in [-0.2, -0.15) is 22.0 Å². The Labute approximate surface area is 112 Å². The number of aliphatic hydroxyl groups is 1. The van der Waals surface area contributed by atoms with Crippen molar-refractivity contribution in [3.63, 3.8) is 0 Å². The van der Waals surface area contributed by atoms with Crippen LogP contribution in [-0.4, -0.2) is 31.0 Å². The van der Waals surface area contributed by atoms with E-state index in [1.165, 1.54) is 25.1 Å². The van der Waals surface area contributed by atoms with Crippen LogP contribution in [0.15, 0.2) is 24.3 Å². The van der Waals surface area contributed by atoms with Crippen molar-refractivity contribution >= 4 is 0 Å². The average molecular weight is 299 g/mol. The predicted molar refractivity (Wildman–Crippen MR) is 61.6 cm³/mol. The van der Waals surface area contributed by atoms with Crippen LogP contribution in [0.1, 0.15) is 12.5 Å². The summed E-state index contributed by atoms with van der Waals surface area (Å²) >= 11 is 0. The van der Waals surface area contributed by atoms with Gasteiger partial charge in [0.2, 0.25) is 0 Å². The lowest BCUT2D eigenvalue weighted by Gasteiger charge is -2.30. The monoisotopic (exact) mass is 299 g/mol. The van der Waals surface area contributed by atoms with E-state index in [1.54, 1.807) is 0 Å². The van der Waals surface area contributed by atoms with E-state index < -0.39 is 31.5 Å². The van der Waals surface area contributed by atoms with Crippen LogP contribution in [0.4, 0.5) is 22.0 Å². The fraction of sp³-hybridized carbons (Fsp3) is 0.500. The Morgan fingerprint density at radius 1 is 1.30 bits per heavy atom.